The molecule has 1 saturated carbocycles. The van der Waals surface area contributed by atoms with Gasteiger partial charge in [0.05, 0.1) is 0 Å². The molecule has 2 heterocycles. The molecular formula is C27H39FN6O2. The lowest BCUT2D eigenvalue weighted by molar-refractivity contribution is -0.130. The maximum atomic E-state index is 13.3. The molecule has 1 saturated heterocycles. The number of urea groups is 1. The Morgan fingerprint density at radius 3 is 2.64 bits per heavy atom. The third kappa shape index (κ3) is 7.06. The van der Waals surface area contributed by atoms with Crippen molar-refractivity contribution in [2.45, 2.75) is 57.5 Å². The molecule has 1 aromatic carbocycles. The molecule has 4 atom stereocenters. The van der Waals surface area contributed by atoms with E-state index >= 15 is 0 Å². The topological polar surface area (TPSA) is 82.5 Å². The Morgan fingerprint density at radius 2 is 1.94 bits per heavy atom. The van der Waals surface area contributed by atoms with Gasteiger partial charge in [0.25, 0.3) is 0 Å². The Kier molecular flexibility index (Phi) is 8.61. The predicted molar refractivity (Wildman–Crippen MR) is 138 cm³/mol. The highest BCUT2D eigenvalue weighted by Crippen LogP contribution is 2.31. The largest absolute Gasteiger partial charge is 0.343 e. The van der Waals surface area contributed by atoms with Crippen LogP contribution in [0.15, 0.2) is 36.5 Å². The summed E-state index contributed by atoms with van der Waals surface area (Å²) in [6.45, 7) is 4.53. The average molecular weight is 499 g/mol. The molecule has 0 unspecified atom stereocenters. The highest BCUT2D eigenvalue weighted by Gasteiger charge is 2.36. The number of aryl methyl sites for hydroxylation is 1. The molecule has 1 aliphatic heterocycles. The lowest BCUT2D eigenvalue weighted by Gasteiger charge is -2.43. The van der Waals surface area contributed by atoms with Crippen LogP contribution in [0.1, 0.15) is 44.6 Å². The Labute approximate surface area is 213 Å². The van der Waals surface area contributed by atoms with E-state index in [4.69, 9.17) is 0 Å². The molecule has 0 bridgehead atoms. The fourth-order valence-electron chi connectivity index (χ4n) is 5.81. The number of hydrogen-bond donors (Lipinski definition) is 2. The van der Waals surface area contributed by atoms with Gasteiger partial charge in [-0.3, -0.25) is 14.8 Å². The molecule has 196 valence electrons. The van der Waals surface area contributed by atoms with E-state index in [9.17, 15) is 14.0 Å². The minimum atomic E-state index is -0.241. The Hall–Kier alpha value is -2.94. The first-order chi connectivity index (χ1) is 17.3. The summed E-state index contributed by atoms with van der Waals surface area (Å²) in [7, 11) is 3.69. The molecule has 2 aromatic rings. The lowest BCUT2D eigenvalue weighted by Crippen LogP contribution is -2.53. The number of amides is 3. The van der Waals surface area contributed by atoms with E-state index in [2.05, 4.69) is 20.6 Å². The number of anilines is 1. The molecule has 4 rings (SSSR count). The Morgan fingerprint density at radius 1 is 1.17 bits per heavy atom. The van der Waals surface area contributed by atoms with Crippen molar-refractivity contribution < 1.29 is 14.0 Å². The van der Waals surface area contributed by atoms with Crippen molar-refractivity contribution in [3.05, 3.63) is 47.9 Å². The number of nitrogens with one attached hydrogen (secondary N) is 2. The molecule has 3 amide bonds. The maximum Gasteiger partial charge on any atom is 0.320 e. The second kappa shape index (κ2) is 11.9. The third-order valence-corrected chi connectivity index (χ3v) is 7.80. The number of likely N-dealkylation sites (tertiary alicyclic amines) is 1. The number of hydrogen-bond acceptors (Lipinski definition) is 4. The summed E-state index contributed by atoms with van der Waals surface area (Å²) in [4.78, 5) is 29.2. The van der Waals surface area contributed by atoms with Gasteiger partial charge in [-0.2, -0.15) is 5.10 Å². The summed E-state index contributed by atoms with van der Waals surface area (Å²) in [5.41, 5.74) is 1.18. The van der Waals surface area contributed by atoms with Crippen LogP contribution in [0.25, 0.3) is 0 Å². The zero-order valence-electron chi connectivity index (χ0n) is 21.6. The number of halogens is 1. The molecule has 9 heteroatoms. The normalized spacial score (nSPS) is 24.8. The number of piperidine rings is 1. The van der Waals surface area contributed by atoms with Gasteiger partial charge in [0.15, 0.2) is 5.82 Å². The quantitative estimate of drug-likeness (QED) is 0.611. The van der Waals surface area contributed by atoms with Crippen molar-refractivity contribution >= 4 is 17.8 Å². The fourth-order valence-corrected chi connectivity index (χ4v) is 5.81. The van der Waals surface area contributed by atoms with Crippen LogP contribution in [0.4, 0.5) is 15.0 Å². The molecule has 0 radical (unpaired) electrons. The molecule has 8 nitrogen and oxygen atoms in total. The zero-order valence-corrected chi connectivity index (χ0v) is 21.6. The molecule has 36 heavy (non-hydrogen) atoms. The van der Waals surface area contributed by atoms with Gasteiger partial charge in [-0.15, -0.1) is 0 Å². The van der Waals surface area contributed by atoms with Gasteiger partial charge in [-0.05, 0) is 74.6 Å². The van der Waals surface area contributed by atoms with E-state index in [1.807, 2.05) is 31.1 Å². The van der Waals surface area contributed by atoms with Crippen LogP contribution in [0.5, 0.6) is 0 Å². The first kappa shape index (κ1) is 26.1. The van der Waals surface area contributed by atoms with Crippen LogP contribution in [0.2, 0.25) is 0 Å². The van der Waals surface area contributed by atoms with Gasteiger partial charge in [0.2, 0.25) is 5.91 Å². The monoisotopic (exact) mass is 498 g/mol. The van der Waals surface area contributed by atoms with Crippen molar-refractivity contribution in [1.82, 2.24) is 24.9 Å². The third-order valence-electron chi connectivity index (χ3n) is 7.80. The van der Waals surface area contributed by atoms with Crippen molar-refractivity contribution in [3.8, 4) is 0 Å². The molecule has 0 spiro atoms. The number of benzene rings is 1. The molecular weight excluding hydrogens is 459 g/mol. The minimum Gasteiger partial charge on any atom is -0.343 e. The molecule has 1 aromatic heterocycles. The van der Waals surface area contributed by atoms with Crippen LogP contribution >= 0.6 is 0 Å². The summed E-state index contributed by atoms with van der Waals surface area (Å²) < 4.78 is 15.0. The predicted octanol–water partition coefficient (Wildman–Crippen LogP) is 3.65. The van der Waals surface area contributed by atoms with E-state index in [0.717, 1.165) is 51.7 Å². The number of carbonyl (C=O) groups is 2. The zero-order chi connectivity index (χ0) is 25.7. The van der Waals surface area contributed by atoms with Crippen molar-refractivity contribution in [2.24, 2.45) is 18.9 Å². The molecule has 2 fully saturated rings. The highest BCUT2D eigenvalue weighted by molar-refractivity contribution is 5.88. The Balaban J connectivity index is 1.39. The van der Waals surface area contributed by atoms with Crippen molar-refractivity contribution in [1.29, 1.82) is 0 Å². The van der Waals surface area contributed by atoms with E-state index in [0.29, 0.717) is 11.7 Å². The molecule has 2 N–H and O–H groups in total. The van der Waals surface area contributed by atoms with Crippen molar-refractivity contribution in [3.63, 3.8) is 0 Å². The fraction of sp³-hybridized carbons (Fsp3) is 0.593. The number of carbonyl (C=O) groups excluding carboxylic acids is 2. The van der Waals surface area contributed by atoms with Gasteiger partial charge in [0.1, 0.15) is 5.82 Å². The standard InChI is InChI=1S/C27H39FN6O2/c1-19(35)33(3)24-10-11-25(29-27(36)30-26-12-14-32(2)31-26)22(16-24)18-34-13-4-5-21(17-34)15-20-6-8-23(28)9-7-20/h6-9,12,14,21-22,24-25H,4-5,10-11,13,15-18H2,1-3H3,(H2,29,30,31,36)/t21-,22-,24+,25+/m0/s1. The summed E-state index contributed by atoms with van der Waals surface area (Å²) in [6, 6.07) is 8.59. The smallest absolute Gasteiger partial charge is 0.320 e. The molecule has 1 aliphatic carbocycles. The first-order valence-electron chi connectivity index (χ1n) is 13.0. The number of aromatic nitrogens is 2. The van der Waals surface area contributed by atoms with Crippen LogP contribution in [0, 0.1) is 17.7 Å². The van der Waals surface area contributed by atoms with E-state index in [-0.39, 0.29) is 35.8 Å². The van der Waals surface area contributed by atoms with E-state index < -0.39 is 0 Å². The van der Waals surface area contributed by atoms with Crippen LogP contribution in [0.3, 0.4) is 0 Å². The second-order valence-corrected chi connectivity index (χ2v) is 10.5. The van der Waals surface area contributed by atoms with E-state index in [1.165, 1.54) is 24.1 Å². The first-order valence-corrected chi connectivity index (χ1v) is 13.0. The SMILES string of the molecule is CC(=O)N(C)[C@@H]1CC[C@@H](NC(=O)Nc2ccn(C)n2)[C@H](CN2CCC[C@@H](Cc3ccc(F)cc3)C2)C1. The van der Waals surface area contributed by atoms with Crippen LogP contribution in [-0.2, 0) is 18.3 Å². The van der Waals surface area contributed by atoms with Gasteiger partial charge >= 0.3 is 6.03 Å². The second-order valence-electron chi connectivity index (χ2n) is 10.5. The average Bonchev–Trinajstić information content (AvgIpc) is 3.25. The van der Waals surface area contributed by atoms with E-state index in [1.54, 1.807) is 23.9 Å². The lowest BCUT2D eigenvalue weighted by atomic mass is 9.80. The summed E-state index contributed by atoms with van der Waals surface area (Å²) >= 11 is 0. The summed E-state index contributed by atoms with van der Waals surface area (Å²) in [5, 5.41) is 10.3. The van der Waals surface area contributed by atoms with Gasteiger partial charge in [-0.25, -0.2) is 9.18 Å². The number of nitrogens with zero attached hydrogens (tertiary/aromatic N) is 4. The minimum absolute atomic E-state index is 0.0304. The van der Waals surface area contributed by atoms with Gasteiger partial charge < -0.3 is 15.1 Å². The Bertz CT molecular complexity index is 1030. The van der Waals surface area contributed by atoms with Crippen LogP contribution < -0.4 is 10.6 Å². The summed E-state index contributed by atoms with van der Waals surface area (Å²) in [6.07, 6.45) is 7.61. The van der Waals surface area contributed by atoms with Gasteiger partial charge in [0, 0.05) is 58.5 Å². The van der Waals surface area contributed by atoms with Crippen LogP contribution in [-0.4, -0.2) is 70.3 Å². The van der Waals surface area contributed by atoms with Gasteiger partial charge in [-0.1, -0.05) is 12.1 Å². The highest BCUT2D eigenvalue weighted by atomic mass is 19.1. The van der Waals surface area contributed by atoms with Crippen molar-refractivity contribution in [2.75, 3.05) is 32.0 Å². The molecule has 2 aliphatic rings. The number of rotatable bonds is 7. The maximum absolute atomic E-state index is 13.3. The summed E-state index contributed by atoms with van der Waals surface area (Å²) in [5.74, 6) is 1.18.